The van der Waals surface area contributed by atoms with Crippen LogP contribution in [0.25, 0.3) is 0 Å². The van der Waals surface area contributed by atoms with Crippen molar-refractivity contribution >= 4 is 0 Å². The van der Waals surface area contributed by atoms with E-state index in [1.54, 1.807) is 4.68 Å². The summed E-state index contributed by atoms with van der Waals surface area (Å²) in [7, 11) is 1.90. The maximum absolute atomic E-state index is 10.8. The molecule has 0 saturated heterocycles. The second-order valence-corrected chi connectivity index (χ2v) is 6.90. The molecule has 0 aromatic carbocycles. The summed E-state index contributed by atoms with van der Waals surface area (Å²) in [6.07, 6.45) is 7.01. The zero-order valence-corrected chi connectivity index (χ0v) is 12.1. The van der Waals surface area contributed by atoms with Gasteiger partial charge in [0.25, 0.3) is 0 Å². The van der Waals surface area contributed by atoms with E-state index in [1.165, 1.54) is 6.42 Å². The summed E-state index contributed by atoms with van der Waals surface area (Å²) in [5.41, 5.74) is 0.482. The Bertz CT molecular complexity index is 405. The number of hydrogen-bond acceptors (Lipinski definition) is 2. The molecule has 0 aliphatic heterocycles. The Hall–Kier alpha value is -0.830. The first-order chi connectivity index (χ1) is 8.31. The summed E-state index contributed by atoms with van der Waals surface area (Å²) in [6.45, 7) is 6.93. The van der Waals surface area contributed by atoms with Crippen LogP contribution in [-0.2, 0) is 12.6 Å². The van der Waals surface area contributed by atoms with Crippen molar-refractivity contribution in [2.75, 3.05) is 0 Å². The standard InChI is InChI=1S/C15H26N2O/c1-14(2,3)12-6-5-9-15(18,10-7-12)13-8-11-17(4)16-13/h8,11-12,18H,5-7,9-10H2,1-4H3. The van der Waals surface area contributed by atoms with Crippen LogP contribution in [0.1, 0.15) is 58.6 Å². The first-order valence-corrected chi connectivity index (χ1v) is 7.04. The average Bonchev–Trinajstić information content (AvgIpc) is 2.58. The monoisotopic (exact) mass is 250 g/mol. The molecule has 1 heterocycles. The lowest BCUT2D eigenvalue weighted by Gasteiger charge is -2.30. The maximum atomic E-state index is 10.8. The molecule has 102 valence electrons. The van der Waals surface area contributed by atoms with E-state index in [9.17, 15) is 5.11 Å². The summed E-state index contributed by atoms with van der Waals surface area (Å²) in [5, 5.41) is 15.2. The van der Waals surface area contributed by atoms with Gasteiger partial charge in [-0.3, -0.25) is 4.68 Å². The highest BCUT2D eigenvalue weighted by Gasteiger charge is 2.37. The molecule has 0 amide bonds. The lowest BCUT2D eigenvalue weighted by molar-refractivity contribution is 0.0133. The number of rotatable bonds is 1. The molecule has 18 heavy (non-hydrogen) atoms. The van der Waals surface area contributed by atoms with Gasteiger partial charge in [0, 0.05) is 13.2 Å². The third-order valence-corrected chi connectivity index (χ3v) is 4.46. The van der Waals surface area contributed by atoms with E-state index in [-0.39, 0.29) is 0 Å². The van der Waals surface area contributed by atoms with Crippen LogP contribution in [0.2, 0.25) is 0 Å². The lowest BCUT2D eigenvalue weighted by Crippen LogP contribution is -2.26. The molecule has 1 saturated carbocycles. The maximum Gasteiger partial charge on any atom is 0.108 e. The summed E-state index contributed by atoms with van der Waals surface area (Å²) in [6, 6.07) is 1.96. The molecule has 1 aliphatic rings. The summed E-state index contributed by atoms with van der Waals surface area (Å²) < 4.78 is 1.78. The van der Waals surface area contributed by atoms with Crippen LogP contribution in [0.3, 0.4) is 0 Å². The lowest BCUT2D eigenvalue weighted by atomic mass is 9.76. The van der Waals surface area contributed by atoms with Crippen LogP contribution in [0.5, 0.6) is 0 Å². The number of aliphatic hydroxyl groups is 1. The van der Waals surface area contributed by atoms with Crippen LogP contribution in [0, 0.1) is 11.3 Å². The van der Waals surface area contributed by atoms with E-state index in [0.29, 0.717) is 11.3 Å². The minimum atomic E-state index is -0.707. The Kier molecular flexibility index (Phi) is 3.54. The molecular weight excluding hydrogens is 224 g/mol. The molecule has 2 unspecified atom stereocenters. The molecule has 0 bridgehead atoms. The SMILES string of the molecule is Cn1ccc(C2(O)CCCC(C(C)(C)C)CC2)n1. The molecule has 1 N–H and O–H groups in total. The smallest absolute Gasteiger partial charge is 0.108 e. The van der Waals surface area contributed by atoms with E-state index < -0.39 is 5.60 Å². The second-order valence-electron chi connectivity index (χ2n) is 6.90. The van der Waals surface area contributed by atoms with Gasteiger partial charge in [-0.1, -0.05) is 20.8 Å². The van der Waals surface area contributed by atoms with Crippen molar-refractivity contribution in [3.8, 4) is 0 Å². The van der Waals surface area contributed by atoms with Crippen molar-refractivity contribution in [1.82, 2.24) is 9.78 Å². The van der Waals surface area contributed by atoms with Crippen LogP contribution >= 0.6 is 0 Å². The van der Waals surface area contributed by atoms with Gasteiger partial charge in [-0.25, -0.2) is 0 Å². The van der Waals surface area contributed by atoms with Crippen LogP contribution in [0.15, 0.2) is 12.3 Å². The molecule has 1 aliphatic carbocycles. The number of hydrogen-bond donors (Lipinski definition) is 1. The van der Waals surface area contributed by atoms with Gasteiger partial charge in [-0.2, -0.15) is 5.10 Å². The highest BCUT2D eigenvalue weighted by molar-refractivity contribution is 5.11. The van der Waals surface area contributed by atoms with Crippen LogP contribution < -0.4 is 0 Å². The van der Waals surface area contributed by atoms with Crippen LogP contribution in [0.4, 0.5) is 0 Å². The molecule has 0 radical (unpaired) electrons. The highest BCUT2D eigenvalue weighted by Crippen LogP contribution is 2.42. The van der Waals surface area contributed by atoms with Crippen LogP contribution in [-0.4, -0.2) is 14.9 Å². The van der Waals surface area contributed by atoms with Crippen molar-refractivity contribution in [3.63, 3.8) is 0 Å². The molecule has 2 atom stereocenters. The fourth-order valence-corrected chi connectivity index (χ4v) is 3.11. The normalized spacial score (nSPS) is 30.2. The van der Waals surface area contributed by atoms with Gasteiger partial charge in [0.1, 0.15) is 5.60 Å². The zero-order valence-electron chi connectivity index (χ0n) is 12.1. The number of nitrogens with zero attached hydrogens (tertiary/aromatic N) is 2. The molecule has 1 fully saturated rings. The fourth-order valence-electron chi connectivity index (χ4n) is 3.11. The van der Waals surface area contributed by atoms with Crippen molar-refractivity contribution in [2.45, 2.75) is 58.5 Å². The highest BCUT2D eigenvalue weighted by atomic mass is 16.3. The number of aryl methyl sites for hydroxylation is 1. The van der Waals surface area contributed by atoms with Crippen molar-refractivity contribution in [1.29, 1.82) is 0 Å². The van der Waals surface area contributed by atoms with E-state index in [1.807, 2.05) is 19.3 Å². The fraction of sp³-hybridized carbons (Fsp3) is 0.800. The van der Waals surface area contributed by atoms with Gasteiger partial charge in [-0.05, 0) is 49.5 Å². The van der Waals surface area contributed by atoms with Gasteiger partial charge in [0.2, 0.25) is 0 Å². The summed E-state index contributed by atoms with van der Waals surface area (Å²) in [4.78, 5) is 0. The van der Waals surface area contributed by atoms with E-state index in [4.69, 9.17) is 0 Å². The Balaban J connectivity index is 2.13. The van der Waals surface area contributed by atoms with E-state index >= 15 is 0 Å². The topological polar surface area (TPSA) is 38.0 Å². The number of aromatic nitrogens is 2. The van der Waals surface area contributed by atoms with E-state index in [2.05, 4.69) is 25.9 Å². The Labute approximate surface area is 110 Å². The Morgan fingerprint density at radius 3 is 2.61 bits per heavy atom. The van der Waals surface area contributed by atoms with E-state index in [0.717, 1.165) is 31.4 Å². The average molecular weight is 250 g/mol. The molecule has 3 nitrogen and oxygen atoms in total. The zero-order chi connectivity index (χ0) is 13.4. The Morgan fingerprint density at radius 1 is 1.33 bits per heavy atom. The van der Waals surface area contributed by atoms with Gasteiger partial charge in [-0.15, -0.1) is 0 Å². The van der Waals surface area contributed by atoms with Gasteiger partial charge >= 0.3 is 0 Å². The van der Waals surface area contributed by atoms with Gasteiger partial charge in [0.15, 0.2) is 0 Å². The third-order valence-electron chi connectivity index (χ3n) is 4.46. The first kappa shape index (κ1) is 13.6. The molecule has 0 spiro atoms. The van der Waals surface area contributed by atoms with Crippen molar-refractivity contribution in [2.24, 2.45) is 18.4 Å². The molecule has 1 aromatic rings. The molecule has 1 aromatic heterocycles. The summed E-state index contributed by atoms with van der Waals surface area (Å²) in [5.74, 6) is 0.704. The molecule has 2 rings (SSSR count). The minimum absolute atomic E-state index is 0.343. The largest absolute Gasteiger partial charge is 0.383 e. The summed E-state index contributed by atoms with van der Waals surface area (Å²) >= 11 is 0. The molecular formula is C15H26N2O. The third kappa shape index (κ3) is 2.77. The predicted octanol–water partition coefficient (Wildman–Crippen LogP) is 3.23. The molecule has 3 heteroatoms. The first-order valence-electron chi connectivity index (χ1n) is 7.04. The van der Waals surface area contributed by atoms with Gasteiger partial charge in [0.05, 0.1) is 5.69 Å². The van der Waals surface area contributed by atoms with Gasteiger partial charge < -0.3 is 5.11 Å². The minimum Gasteiger partial charge on any atom is -0.383 e. The Morgan fingerprint density at radius 2 is 2.06 bits per heavy atom. The van der Waals surface area contributed by atoms with Crippen molar-refractivity contribution < 1.29 is 5.11 Å². The van der Waals surface area contributed by atoms with Crippen molar-refractivity contribution in [3.05, 3.63) is 18.0 Å². The second kappa shape index (κ2) is 4.69. The predicted molar refractivity (Wildman–Crippen MR) is 73.1 cm³/mol. The quantitative estimate of drug-likeness (QED) is 0.777.